The van der Waals surface area contributed by atoms with E-state index >= 15 is 0 Å². The molecule has 2 aromatic rings. The molecule has 10 heteroatoms. The Balaban J connectivity index is 0.00000180. The summed E-state index contributed by atoms with van der Waals surface area (Å²) in [7, 11) is 0. The van der Waals surface area contributed by atoms with Crippen LogP contribution in [0.15, 0.2) is 24.3 Å². The fourth-order valence-corrected chi connectivity index (χ4v) is 1.60. The average molecular weight is 311 g/mol. The summed E-state index contributed by atoms with van der Waals surface area (Å²) >= 11 is 4.98. The number of carboxylic acids is 1. The van der Waals surface area contributed by atoms with E-state index in [4.69, 9.17) is 17.3 Å². The number of anilines is 1. The number of nitrogens with zero attached hydrogens (tertiary/aromatic N) is 3. The van der Waals surface area contributed by atoms with E-state index in [1.165, 1.54) is 4.68 Å². The van der Waals surface area contributed by atoms with Gasteiger partial charge >= 0.3 is 5.97 Å². The van der Waals surface area contributed by atoms with Gasteiger partial charge in [-0.15, -0.1) is 0 Å². The zero-order chi connectivity index (χ0) is 13.1. The van der Waals surface area contributed by atoms with Gasteiger partial charge in [0.15, 0.2) is 0 Å². The van der Waals surface area contributed by atoms with Crippen molar-refractivity contribution in [3.8, 4) is 5.69 Å². The Morgan fingerprint density at radius 3 is 2.75 bits per heavy atom. The number of carbonyl (C=O) groups is 1. The topological polar surface area (TPSA) is 95.8 Å². The molecular weight excluding hydrogens is 300 g/mol. The largest absolute Gasteiger partial charge is 0.480 e. The van der Waals surface area contributed by atoms with Crippen molar-refractivity contribution in [3.63, 3.8) is 0 Å². The molecule has 0 saturated heterocycles. The van der Waals surface area contributed by atoms with Gasteiger partial charge in [-0.05, 0) is 37.3 Å². The molecule has 0 unspecified atom stereocenters. The van der Waals surface area contributed by atoms with Gasteiger partial charge in [-0.1, -0.05) is 16.4 Å². The standard InChI is InChI=1S/C10H11N5O2S.2Na/c1-6(9(16)17)11-7-3-2-4-8(5-7)15-10(18)12-13-14-15;;/h2-6,11H,1H3,(H,16,17)(H,12,14,18);;/t6-;;/m0../s1. The van der Waals surface area contributed by atoms with Gasteiger partial charge in [-0.3, -0.25) is 4.79 Å². The summed E-state index contributed by atoms with van der Waals surface area (Å²) in [6.45, 7) is 1.57. The zero-order valence-electron chi connectivity index (χ0n) is 11.5. The first kappa shape index (κ1) is 19.8. The second-order valence-corrected chi connectivity index (χ2v) is 4.04. The molecule has 0 amide bonds. The Hall–Kier alpha value is -0.220. The molecule has 1 aromatic carbocycles. The molecule has 0 aliphatic carbocycles. The fourth-order valence-electron chi connectivity index (χ4n) is 1.41. The van der Waals surface area contributed by atoms with Crippen molar-refractivity contribution < 1.29 is 9.90 Å². The maximum atomic E-state index is 10.8. The average Bonchev–Trinajstić information content (AvgIpc) is 2.75. The Labute approximate surface area is 164 Å². The van der Waals surface area contributed by atoms with Crippen LogP contribution in [0.25, 0.3) is 5.69 Å². The third kappa shape index (κ3) is 4.96. The smallest absolute Gasteiger partial charge is 0.325 e. The zero-order valence-corrected chi connectivity index (χ0v) is 16.3. The number of tetrazole rings is 1. The summed E-state index contributed by atoms with van der Waals surface area (Å²) in [5.74, 6) is -0.916. The van der Waals surface area contributed by atoms with E-state index < -0.39 is 12.0 Å². The van der Waals surface area contributed by atoms with Crippen molar-refractivity contribution in [1.29, 1.82) is 0 Å². The number of rotatable bonds is 4. The van der Waals surface area contributed by atoms with Gasteiger partial charge in [0.2, 0.25) is 4.77 Å². The Morgan fingerprint density at radius 2 is 2.20 bits per heavy atom. The predicted molar refractivity (Wildman–Crippen MR) is 78.8 cm³/mol. The number of carboxylic acid groups (broad SMARTS) is 1. The van der Waals surface area contributed by atoms with E-state index in [2.05, 4.69) is 20.8 Å². The van der Waals surface area contributed by atoms with Gasteiger partial charge in [0.25, 0.3) is 0 Å². The number of aromatic nitrogens is 4. The van der Waals surface area contributed by atoms with Crippen LogP contribution in [0.3, 0.4) is 0 Å². The normalized spacial score (nSPS) is 10.8. The molecule has 3 N–H and O–H groups in total. The minimum atomic E-state index is -0.916. The summed E-state index contributed by atoms with van der Waals surface area (Å²) in [5.41, 5.74) is 1.41. The van der Waals surface area contributed by atoms with Crippen molar-refractivity contribution in [2.45, 2.75) is 13.0 Å². The van der Waals surface area contributed by atoms with E-state index in [-0.39, 0.29) is 59.1 Å². The van der Waals surface area contributed by atoms with Crippen LogP contribution in [0, 0.1) is 4.77 Å². The Bertz CT molecular complexity index is 630. The molecule has 0 saturated carbocycles. The molecule has 0 aliphatic heterocycles. The second-order valence-electron chi connectivity index (χ2n) is 3.67. The van der Waals surface area contributed by atoms with Crippen molar-refractivity contribution in [2.75, 3.05) is 5.32 Å². The first-order valence-electron chi connectivity index (χ1n) is 5.18. The van der Waals surface area contributed by atoms with Gasteiger partial charge in [0.1, 0.15) is 6.04 Å². The first-order valence-corrected chi connectivity index (χ1v) is 5.58. The van der Waals surface area contributed by atoms with Crippen molar-refractivity contribution in [1.82, 2.24) is 20.2 Å². The SMILES string of the molecule is C[C@H](Nc1cccc(-n2[nH]nnc2=S)c1)C(=O)O.[Na].[Na]. The number of hydrogen-bond donors (Lipinski definition) is 3. The van der Waals surface area contributed by atoms with E-state index in [1.807, 2.05) is 6.07 Å². The van der Waals surface area contributed by atoms with Crippen molar-refractivity contribution in [2.24, 2.45) is 0 Å². The van der Waals surface area contributed by atoms with E-state index in [9.17, 15) is 4.79 Å². The number of aliphatic carboxylic acids is 1. The molecule has 1 aromatic heterocycles. The Morgan fingerprint density at radius 1 is 1.50 bits per heavy atom. The number of hydrogen-bond acceptors (Lipinski definition) is 5. The van der Waals surface area contributed by atoms with Crippen molar-refractivity contribution in [3.05, 3.63) is 29.0 Å². The molecule has 0 spiro atoms. The summed E-state index contributed by atoms with van der Waals surface area (Å²) < 4.78 is 1.82. The van der Waals surface area contributed by atoms with Crippen LogP contribution in [0.1, 0.15) is 6.92 Å². The quantitative estimate of drug-likeness (QED) is 0.560. The van der Waals surface area contributed by atoms with Gasteiger partial charge in [-0.2, -0.15) is 5.21 Å². The van der Waals surface area contributed by atoms with Crippen LogP contribution in [-0.2, 0) is 4.79 Å². The maximum Gasteiger partial charge on any atom is 0.325 e. The molecule has 2 rings (SSSR count). The monoisotopic (exact) mass is 311 g/mol. The van der Waals surface area contributed by atoms with Crippen LogP contribution in [0.5, 0.6) is 0 Å². The van der Waals surface area contributed by atoms with Crippen LogP contribution < -0.4 is 5.32 Å². The first-order chi connectivity index (χ1) is 8.58. The fraction of sp³-hybridized carbons (Fsp3) is 0.200. The molecule has 7 nitrogen and oxygen atoms in total. The molecule has 1 atom stereocenters. The second kappa shape index (κ2) is 8.93. The minimum absolute atomic E-state index is 0. The third-order valence-electron chi connectivity index (χ3n) is 2.33. The summed E-state index contributed by atoms with van der Waals surface area (Å²) in [4.78, 5) is 10.8. The molecule has 0 aliphatic rings. The number of H-pyrrole nitrogens is 1. The number of nitrogens with one attached hydrogen (secondary N) is 2. The third-order valence-corrected chi connectivity index (χ3v) is 2.59. The van der Waals surface area contributed by atoms with E-state index in [0.29, 0.717) is 10.5 Å². The van der Waals surface area contributed by atoms with Crippen LogP contribution in [-0.4, -0.2) is 96.4 Å². The minimum Gasteiger partial charge on any atom is -0.480 e. The van der Waals surface area contributed by atoms with Gasteiger partial charge < -0.3 is 10.4 Å². The molecule has 1 heterocycles. The summed E-state index contributed by atoms with van der Waals surface area (Å²) in [5, 5.41) is 21.6. The summed E-state index contributed by atoms with van der Waals surface area (Å²) in [6.07, 6.45) is 0. The van der Waals surface area contributed by atoms with Crippen LogP contribution >= 0.6 is 12.2 Å². The number of aromatic amines is 1. The maximum absolute atomic E-state index is 10.8. The molecule has 0 fully saturated rings. The Kier molecular flexibility index (Phi) is 8.83. The number of benzene rings is 1. The molecule has 0 bridgehead atoms. The molecular formula is C10H11N5Na2O2S. The van der Waals surface area contributed by atoms with E-state index in [1.54, 1.807) is 25.1 Å². The molecule has 96 valence electrons. The van der Waals surface area contributed by atoms with E-state index in [0.717, 1.165) is 5.69 Å². The van der Waals surface area contributed by atoms with Crippen molar-refractivity contribution >= 4 is 83.0 Å². The van der Waals surface area contributed by atoms with Crippen LogP contribution in [0.2, 0.25) is 0 Å². The summed E-state index contributed by atoms with van der Waals surface area (Å²) in [6, 6.07) is 6.46. The van der Waals surface area contributed by atoms with Crippen LogP contribution in [0.4, 0.5) is 5.69 Å². The predicted octanol–water partition coefficient (Wildman–Crippen LogP) is 0.448. The van der Waals surface area contributed by atoms with Gasteiger partial charge in [0, 0.05) is 64.8 Å². The molecule has 2 radical (unpaired) electrons. The molecule has 20 heavy (non-hydrogen) atoms. The van der Waals surface area contributed by atoms with Gasteiger partial charge in [0.05, 0.1) is 5.69 Å². The van der Waals surface area contributed by atoms with Gasteiger partial charge in [-0.25, -0.2) is 4.68 Å².